The number of furan rings is 1. The van der Waals surface area contributed by atoms with Crippen LogP contribution in [0.1, 0.15) is 17.5 Å². The summed E-state index contributed by atoms with van der Waals surface area (Å²) < 4.78 is 13.1. The van der Waals surface area contributed by atoms with Crippen LogP contribution in [0.5, 0.6) is 5.75 Å². The van der Waals surface area contributed by atoms with E-state index in [9.17, 15) is 4.79 Å². The lowest BCUT2D eigenvalue weighted by Gasteiger charge is -2.34. The molecule has 32 heavy (non-hydrogen) atoms. The Balaban J connectivity index is 1.35. The van der Waals surface area contributed by atoms with Crippen LogP contribution in [0.25, 0.3) is 16.9 Å². The zero-order chi connectivity index (χ0) is 22.1. The van der Waals surface area contributed by atoms with E-state index in [0.29, 0.717) is 60.2 Å². The van der Waals surface area contributed by atoms with Crippen LogP contribution in [0.4, 0.5) is 5.82 Å². The largest absolute Gasteiger partial charge is 0.494 e. The minimum atomic E-state index is -0.121. The Kier molecular flexibility index (Phi) is 5.48. The first-order chi connectivity index (χ1) is 15.6. The summed E-state index contributed by atoms with van der Waals surface area (Å²) in [5.41, 5.74) is 2.08. The summed E-state index contributed by atoms with van der Waals surface area (Å²) >= 11 is 3.24. The van der Waals surface area contributed by atoms with Gasteiger partial charge >= 0.3 is 0 Å². The van der Waals surface area contributed by atoms with Gasteiger partial charge in [0.25, 0.3) is 5.91 Å². The molecule has 0 unspecified atom stereocenters. The minimum absolute atomic E-state index is 0.121. The molecule has 0 aliphatic carbocycles. The predicted molar refractivity (Wildman–Crippen MR) is 120 cm³/mol. The van der Waals surface area contributed by atoms with Gasteiger partial charge in [-0.3, -0.25) is 4.79 Å². The van der Waals surface area contributed by atoms with E-state index in [2.05, 4.69) is 41.1 Å². The summed E-state index contributed by atoms with van der Waals surface area (Å²) in [6.45, 7) is 4.90. The molecule has 0 saturated carbocycles. The summed E-state index contributed by atoms with van der Waals surface area (Å²) in [4.78, 5) is 25.4. The van der Waals surface area contributed by atoms with Gasteiger partial charge in [-0.1, -0.05) is 5.21 Å². The fourth-order valence-corrected chi connectivity index (χ4v) is 4.01. The second-order valence-electron chi connectivity index (χ2n) is 7.18. The molecule has 0 atom stereocenters. The molecule has 164 valence electrons. The molecule has 5 rings (SSSR count). The van der Waals surface area contributed by atoms with Crippen LogP contribution < -0.4 is 9.64 Å². The van der Waals surface area contributed by atoms with E-state index >= 15 is 0 Å². The van der Waals surface area contributed by atoms with Crippen molar-refractivity contribution in [3.63, 3.8) is 0 Å². The molecule has 1 aliphatic rings. The first kappa shape index (κ1) is 20.4. The van der Waals surface area contributed by atoms with Crippen molar-refractivity contribution in [1.29, 1.82) is 0 Å². The van der Waals surface area contributed by atoms with E-state index < -0.39 is 0 Å². The number of anilines is 1. The van der Waals surface area contributed by atoms with Crippen LogP contribution in [0, 0.1) is 0 Å². The number of ether oxygens (including phenoxy) is 1. The molecule has 4 aromatic rings. The lowest BCUT2D eigenvalue weighted by molar-refractivity contribution is 0.0713. The number of carbonyl (C=O) groups excluding carboxylic acids is 1. The van der Waals surface area contributed by atoms with Gasteiger partial charge in [0.2, 0.25) is 0 Å². The van der Waals surface area contributed by atoms with Crippen molar-refractivity contribution in [1.82, 2.24) is 29.9 Å². The maximum Gasteiger partial charge on any atom is 0.289 e. The van der Waals surface area contributed by atoms with Gasteiger partial charge in [-0.15, -0.1) is 5.10 Å². The third-order valence-corrected chi connectivity index (χ3v) is 5.69. The fourth-order valence-electron chi connectivity index (χ4n) is 3.70. The lowest BCUT2D eigenvalue weighted by Crippen LogP contribution is -2.49. The molecule has 11 heteroatoms. The summed E-state index contributed by atoms with van der Waals surface area (Å²) in [6.07, 6.45) is 1.52. The van der Waals surface area contributed by atoms with E-state index in [1.807, 2.05) is 31.2 Å². The van der Waals surface area contributed by atoms with Crippen molar-refractivity contribution in [3.8, 4) is 11.4 Å². The van der Waals surface area contributed by atoms with Gasteiger partial charge in [0, 0.05) is 26.2 Å². The minimum Gasteiger partial charge on any atom is -0.494 e. The standard InChI is InChI=1S/C21H20BrN7O3/c1-2-31-15-5-3-14(4-6-15)29-20-18(25-26-29)19(23-13-24-20)27-9-11-28(12-10-27)21(30)16-7-8-17(22)32-16/h3-8,13H,2,9-12H2,1H3. The van der Waals surface area contributed by atoms with Crippen LogP contribution in [0.3, 0.4) is 0 Å². The third kappa shape index (κ3) is 3.79. The Bertz CT molecular complexity index is 1250. The molecule has 1 saturated heterocycles. The highest BCUT2D eigenvalue weighted by Crippen LogP contribution is 2.25. The molecule has 1 amide bonds. The number of nitrogens with zero attached hydrogens (tertiary/aromatic N) is 7. The van der Waals surface area contributed by atoms with Crippen molar-refractivity contribution in [2.75, 3.05) is 37.7 Å². The molecule has 3 aromatic heterocycles. The Labute approximate surface area is 191 Å². The van der Waals surface area contributed by atoms with E-state index in [1.165, 1.54) is 6.33 Å². The topological polar surface area (TPSA) is 102 Å². The van der Waals surface area contributed by atoms with Crippen molar-refractivity contribution < 1.29 is 13.9 Å². The molecule has 10 nitrogen and oxygen atoms in total. The van der Waals surface area contributed by atoms with Gasteiger partial charge in [-0.25, -0.2) is 9.97 Å². The van der Waals surface area contributed by atoms with Gasteiger partial charge in [0.15, 0.2) is 27.4 Å². The van der Waals surface area contributed by atoms with E-state index in [4.69, 9.17) is 9.15 Å². The molecule has 1 aliphatic heterocycles. The highest BCUT2D eigenvalue weighted by Gasteiger charge is 2.26. The van der Waals surface area contributed by atoms with Gasteiger partial charge < -0.3 is 19.0 Å². The van der Waals surface area contributed by atoms with E-state index in [-0.39, 0.29) is 5.91 Å². The quantitative estimate of drug-likeness (QED) is 0.414. The maximum atomic E-state index is 12.6. The van der Waals surface area contributed by atoms with Gasteiger partial charge in [0.05, 0.1) is 12.3 Å². The number of amides is 1. The predicted octanol–water partition coefficient (Wildman–Crippen LogP) is 2.93. The van der Waals surface area contributed by atoms with Crippen molar-refractivity contribution in [2.24, 2.45) is 0 Å². The Morgan fingerprint density at radius 2 is 1.88 bits per heavy atom. The summed E-state index contributed by atoms with van der Waals surface area (Å²) in [5, 5.41) is 8.64. The number of rotatable bonds is 5. The van der Waals surface area contributed by atoms with E-state index in [1.54, 1.807) is 21.7 Å². The maximum absolute atomic E-state index is 12.6. The first-order valence-electron chi connectivity index (χ1n) is 10.2. The fraction of sp³-hybridized carbons (Fsp3) is 0.286. The molecule has 1 aromatic carbocycles. The van der Waals surface area contributed by atoms with Gasteiger partial charge in [0.1, 0.15) is 12.1 Å². The highest BCUT2D eigenvalue weighted by molar-refractivity contribution is 9.10. The Hall–Kier alpha value is -3.47. The monoisotopic (exact) mass is 497 g/mol. The zero-order valence-electron chi connectivity index (χ0n) is 17.3. The number of piperazine rings is 1. The van der Waals surface area contributed by atoms with Crippen molar-refractivity contribution in [2.45, 2.75) is 6.92 Å². The summed E-state index contributed by atoms with van der Waals surface area (Å²) in [6, 6.07) is 11.0. The highest BCUT2D eigenvalue weighted by atomic mass is 79.9. The normalized spacial score (nSPS) is 14.2. The second-order valence-corrected chi connectivity index (χ2v) is 7.96. The number of halogens is 1. The third-order valence-electron chi connectivity index (χ3n) is 5.26. The number of fused-ring (bicyclic) bond motifs is 1. The number of hydrogen-bond acceptors (Lipinski definition) is 8. The molecule has 0 N–H and O–H groups in total. The van der Waals surface area contributed by atoms with Crippen LogP contribution in [0.2, 0.25) is 0 Å². The molecule has 0 bridgehead atoms. The number of hydrogen-bond donors (Lipinski definition) is 0. The molecular formula is C21H20BrN7O3. The van der Waals surface area contributed by atoms with Crippen molar-refractivity contribution in [3.05, 3.63) is 53.2 Å². The second kappa shape index (κ2) is 8.58. The molecule has 1 fully saturated rings. The first-order valence-corrected chi connectivity index (χ1v) is 11.0. The van der Waals surface area contributed by atoms with Crippen LogP contribution in [0.15, 0.2) is 51.8 Å². The zero-order valence-corrected chi connectivity index (χ0v) is 18.9. The lowest BCUT2D eigenvalue weighted by atomic mass is 10.2. The number of benzene rings is 1. The summed E-state index contributed by atoms with van der Waals surface area (Å²) in [5.74, 6) is 1.71. The number of aromatic nitrogens is 5. The smallest absolute Gasteiger partial charge is 0.289 e. The van der Waals surface area contributed by atoms with Gasteiger partial charge in [-0.05, 0) is 59.3 Å². The molecular weight excluding hydrogens is 478 g/mol. The van der Waals surface area contributed by atoms with Crippen LogP contribution >= 0.6 is 15.9 Å². The molecule has 0 spiro atoms. The molecule has 4 heterocycles. The van der Waals surface area contributed by atoms with Crippen LogP contribution in [-0.4, -0.2) is 68.6 Å². The van der Waals surface area contributed by atoms with E-state index in [0.717, 1.165) is 11.4 Å². The Morgan fingerprint density at radius 1 is 1.09 bits per heavy atom. The van der Waals surface area contributed by atoms with Crippen LogP contribution in [-0.2, 0) is 0 Å². The molecule has 0 radical (unpaired) electrons. The average molecular weight is 498 g/mol. The SMILES string of the molecule is CCOc1ccc(-n2nnc3c(N4CCN(C(=O)c5ccc(Br)o5)CC4)ncnc32)cc1. The average Bonchev–Trinajstić information content (AvgIpc) is 3.46. The Morgan fingerprint density at radius 3 is 2.56 bits per heavy atom. The van der Waals surface area contributed by atoms with Gasteiger partial charge in [-0.2, -0.15) is 4.68 Å². The van der Waals surface area contributed by atoms with Crippen molar-refractivity contribution >= 4 is 38.8 Å². The summed E-state index contributed by atoms with van der Waals surface area (Å²) in [7, 11) is 0. The number of carbonyl (C=O) groups is 1.